The zero-order valence-electron chi connectivity index (χ0n) is 13.6. The van der Waals surface area contributed by atoms with Crippen LogP contribution in [0.1, 0.15) is 16.1 Å². The van der Waals surface area contributed by atoms with Gasteiger partial charge in [-0.25, -0.2) is 4.68 Å². The van der Waals surface area contributed by atoms with Gasteiger partial charge in [0.05, 0.1) is 17.9 Å². The Kier molecular flexibility index (Phi) is 6.54. The normalized spacial score (nSPS) is 11.5. The molecule has 0 aliphatic rings. The molecule has 25 heavy (non-hydrogen) atoms. The van der Waals surface area contributed by atoms with Gasteiger partial charge in [0.15, 0.2) is 5.69 Å². The van der Waals surface area contributed by atoms with Crippen LogP contribution in [0.25, 0.3) is 5.69 Å². The van der Waals surface area contributed by atoms with Crippen molar-refractivity contribution in [2.24, 2.45) is 0 Å². The van der Waals surface area contributed by atoms with Crippen molar-refractivity contribution in [2.75, 3.05) is 33.4 Å². The van der Waals surface area contributed by atoms with Crippen molar-refractivity contribution in [3.8, 4) is 5.69 Å². The first-order chi connectivity index (χ1) is 11.9. The lowest BCUT2D eigenvalue weighted by Crippen LogP contribution is -2.33. The fraction of sp³-hybridized carbons (Fsp3) is 0.375. The van der Waals surface area contributed by atoms with Crippen LogP contribution in [0, 0.1) is 0 Å². The molecule has 0 saturated heterocycles. The largest absolute Gasteiger partial charge is 0.416 e. The number of nitrogens with one attached hydrogen (secondary N) is 2. The van der Waals surface area contributed by atoms with Gasteiger partial charge in [0, 0.05) is 32.9 Å². The summed E-state index contributed by atoms with van der Waals surface area (Å²) >= 11 is 0. The molecule has 0 fully saturated rings. The van der Waals surface area contributed by atoms with Gasteiger partial charge in [0.25, 0.3) is 5.91 Å². The Hall–Kier alpha value is -2.39. The second-order valence-electron chi connectivity index (χ2n) is 5.19. The molecule has 0 saturated carbocycles. The summed E-state index contributed by atoms with van der Waals surface area (Å²) in [5.74, 6) is -0.390. The first-order valence-electron chi connectivity index (χ1n) is 7.63. The highest BCUT2D eigenvalue weighted by Crippen LogP contribution is 2.30. The number of alkyl halides is 3. The third-order valence-corrected chi connectivity index (χ3v) is 3.33. The number of amides is 1. The lowest BCUT2D eigenvalue weighted by molar-refractivity contribution is -0.137. The lowest BCUT2D eigenvalue weighted by Gasteiger charge is -2.08. The summed E-state index contributed by atoms with van der Waals surface area (Å²) in [6.07, 6.45) is -2.99. The standard InChI is InChI=1S/C16H19F3N4O2/c1-25-10-8-20-6-7-21-15(24)14-5-9-23(22-14)13-4-2-3-12(11-13)16(17,18)19/h2-5,9,11,20H,6-8,10H2,1H3,(H,21,24). The summed E-state index contributed by atoms with van der Waals surface area (Å²) in [4.78, 5) is 12.0. The van der Waals surface area contributed by atoms with Crippen LogP contribution >= 0.6 is 0 Å². The molecule has 0 radical (unpaired) electrons. The molecule has 0 aliphatic heterocycles. The number of rotatable bonds is 8. The summed E-state index contributed by atoms with van der Waals surface area (Å²) in [7, 11) is 1.60. The smallest absolute Gasteiger partial charge is 0.383 e. The van der Waals surface area contributed by atoms with Crippen LogP contribution < -0.4 is 10.6 Å². The molecule has 0 bridgehead atoms. The highest BCUT2D eigenvalue weighted by atomic mass is 19.4. The van der Waals surface area contributed by atoms with Crippen LogP contribution in [0.2, 0.25) is 0 Å². The maximum Gasteiger partial charge on any atom is 0.416 e. The monoisotopic (exact) mass is 356 g/mol. The SMILES string of the molecule is COCCNCCNC(=O)c1ccn(-c2cccc(C(F)(F)F)c2)n1. The average molecular weight is 356 g/mol. The molecule has 1 amide bonds. The summed E-state index contributed by atoms with van der Waals surface area (Å²) in [6, 6.07) is 6.20. The van der Waals surface area contributed by atoms with Crippen LogP contribution in [-0.2, 0) is 10.9 Å². The van der Waals surface area contributed by atoms with Gasteiger partial charge in [-0.1, -0.05) is 6.07 Å². The van der Waals surface area contributed by atoms with E-state index in [0.29, 0.717) is 26.2 Å². The number of nitrogens with zero attached hydrogens (tertiary/aromatic N) is 2. The van der Waals surface area contributed by atoms with Crippen molar-refractivity contribution in [2.45, 2.75) is 6.18 Å². The number of aromatic nitrogens is 2. The molecule has 0 aliphatic carbocycles. The van der Waals surface area contributed by atoms with Gasteiger partial charge in [0.2, 0.25) is 0 Å². The van der Waals surface area contributed by atoms with Crippen LogP contribution in [0.15, 0.2) is 36.5 Å². The number of hydrogen-bond acceptors (Lipinski definition) is 4. The molecule has 136 valence electrons. The fourth-order valence-corrected chi connectivity index (χ4v) is 2.07. The summed E-state index contributed by atoms with van der Waals surface area (Å²) in [6.45, 7) is 2.23. The molecule has 1 aromatic carbocycles. The molecule has 0 spiro atoms. The second-order valence-corrected chi connectivity index (χ2v) is 5.19. The average Bonchev–Trinajstić information content (AvgIpc) is 3.07. The van der Waals surface area contributed by atoms with E-state index in [4.69, 9.17) is 4.74 Å². The topological polar surface area (TPSA) is 68.2 Å². The minimum absolute atomic E-state index is 0.134. The minimum Gasteiger partial charge on any atom is -0.383 e. The highest BCUT2D eigenvalue weighted by molar-refractivity contribution is 5.92. The van der Waals surface area contributed by atoms with Crippen molar-refractivity contribution in [1.82, 2.24) is 20.4 Å². The maximum absolute atomic E-state index is 12.8. The molecule has 2 aromatic rings. The number of carbonyl (C=O) groups is 1. The van der Waals surface area contributed by atoms with Gasteiger partial charge in [-0.15, -0.1) is 0 Å². The molecule has 2 N–H and O–H groups in total. The maximum atomic E-state index is 12.8. The van der Waals surface area contributed by atoms with Crippen molar-refractivity contribution >= 4 is 5.91 Å². The number of carbonyl (C=O) groups excluding carboxylic acids is 1. The van der Waals surface area contributed by atoms with Gasteiger partial charge in [-0.3, -0.25) is 4.79 Å². The molecular formula is C16H19F3N4O2. The highest BCUT2D eigenvalue weighted by Gasteiger charge is 2.30. The third kappa shape index (κ3) is 5.57. The molecule has 1 heterocycles. The Morgan fingerprint density at radius 1 is 1.24 bits per heavy atom. The Morgan fingerprint density at radius 3 is 2.76 bits per heavy atom. The van der Waals surface area contributed by atoms with E-state index in [9.17, 15) is 18.0 Å². The molecular weight excluding hydrogens is 337 g/mol. The van der Waals surface area contributed by atoms with Gasteiger partial charge >= 0.3 is 6.18 Å². The summed E-state index contributed by atoms with van der Waals surface area (Å²) < 4.78 is 44.4. The Balaban J connectivity index is 1.94. The number of hydrogen-bond donors (Lipinski definition) is 2. The second kappa shape index (κ2) is 8.63. The Bertz CT molecular complexity index is 701. The van der Waals surface area contributed by atoms with Gasteiger partial charge in [-0.05, 0) is 24.3 Å². The molecule has 9 heteroatoms. The first-order valence-corrected chi connectivity index (χ1v) is 7.63. The van der Waals surface area contributed by atoms with E-state index in [1.165, 1.54) is 29.1 Å². The summed E-state index contributed by atoms with van der Waals surface area (Å²) in [5.41, 5.74) is -0.405. The van der Waals surface area contributed by atoms with Gasteiger partial charge in [0.1, 0.15) is 0 Å². The van der Waals surface area contributed by atoms with E-state index < -0.39 is 11.7 Å². The van der Waals surface area contributed by atoms with E-state index in [1.807, 2.05) is 0 Å². The van der Waals surface area contributed by atoms with Crippen molar-refractivity contribution in [3.05, 3.63) is 47.8 Å². The Labute approximate surface area is 143 Å². The Morgan fingerprint density at radius 2 is 2.04 bits per heavy atom. The molecule has 6 nitrogen and oxygen atoms in total. The van der Waals surface area contributed by atoms with E-state index in [-0.39, 0.29) is 17.3 Å². The molecule has 1 aromatic heterocycles. The first kappa shape index (κ1) is 18.9. The number of benzene rings is 1. The lowest BCUT2D eigenvalue weighted by atomic mass is 10.2. The van der Waals surface area contributed by atoms with Crippen LogP contribution in [0.5, 0.6) is 0 Å². The quantitative estimate of drug-likeness (QED) is 0.709. The number of methoxy groups -OCH3 is 1. The third-order valence-electron chi connectivity index (χ3n) is 3.33. The number of halogens is 3. The zero-order valence-corrected chi connectivity index (χ0v) is 13.6. The predicted octanol–water partition coefficient (Wildman–Crippen LogP) is 1.86. The van der Waals surface area contributed by atoms with Crippen LogP contribution in [-0.4, -0.2) is 49.0 Å². The van der Waals surface area contributed by atoms with Crippen molar-refractivity contribution in [1.29, 1.82) is 0 Å². The van der Waals surface area contributed by atoms with Crippen molar-refractivity contribution < 1.29 is 22.7 Å². The fourth-order valence-electron chi connectivity index (χ4n) is 2.07. The van der Waals surface area contributed by atoms with Crippen molar-refractivity contribution in [3.63, 3.8) is 0 Å². The van der Waals surface area contributed by atoms with E-state index in [2.05, 4.69) is 15.7 Å². The van der Waals surface area contributed by atoms with Crippen LogP contribution in [0.4, 0.5) is 13.2 Å². The van der Waals surface area contributed by atoms with Gasteiger partial charge in [-0.2, -0.15) is 18.3 Å². The van der Waals surface area contributed by atoms with Gasteiger partial charge < -0.3 is 15.4 Å². The number of ether oxygens (including phenoxy) is 1. The predicted molar refractivity (Wildman–Crippen MR) is 85.6 cm³/mol. The van der Waals surface area contributed by atoms with E-state index >= 15 is 0 Å². The van der Waals surface area contributed by atoms with Crippen LogP contribution in [0.3, 0.4) is 0 Å². The molecule has 2 rings (SSSR count). The van der Waals surface area contributed by atoms with E-state index in [0.717, 1.165) is 12.1 Å². The molecule has 0 atom stereocenters. The zero-order chi connectivity index (χ0) is 18.3. The van der Waals surface area contributed by atoms with E-state index in [1.54, 1.807) is 7.11 Å². The minimum atomic E-state index is -4.43. The molecule has 0 unspecified atom stereocenters. The summed E-state index contributed by atoms with van der Waals surface area (Å²) in [5, 5.41) is 9.78.